The van der Waals surface area contributed by atoms with Crippen LogP contribution in [0.1, 0.15) is 34.6 Å². The molecule has 4 heteroatoms. The Hall–Kier alpha value is -2.43. The van der Waals surface area contributed by atoms with E-state index in [0.29, 0.717) is 6.61 Å². The monoisotopic (exact) mass is 403 g/mol. The summed E-state index contributed by atoms with van der Waals surface area (Å²) in [6, 6.07) is 17.4. The molecule has 3 aliphatic carbocycles. The van der Waals surface area contributed by atoms with Crippen LogP contribution in [0.25, 0.3) is 0 Å². The third-order valence-corrected chi connectivity index (χ3v) is 7.82. The Morgan fingerprint density at radius 3 is 2.23 bits per heavy atom. The van der Waals surface area contributed by atoms with E-state index in [4.69, 9.17) is 9.47 Å². The highest BCUT2D eigenvalue weighted by atomic mass is 16.5. The highest BCUT2D eigenvalue weighted by Crippen LogP contribution is 2.66. The first kappa shape index (κ1) is 19.5. The zero-order valence-corrected chi connectivity index (χ0v) is 17.9. The number of benzene rings is 2. The number of nitrogens with zero attached hydrogens (tertiary/aromatic N) is 1. The summed E-state index contributed by atoms with van der Waals surface area (Å²) >= 11 is 0. The van der Waals surface area contributed by atoms with Gasteiger partial charge >= 0.3 is 0 Å². The van der Waals surface area contributed by atoms with E-state index in [-0.39, 0.29) is 35.8 Å². The zero-order chi connectivity index (χ0) is 21.0. The topological polar surface area (TPSA) is 38.8 Å². The number of likely N-dealkylation sites (tertiary alicyclic amines) is 1. The number of methoxy groups -OCH3 is 2. The van der Waals surface area contributed by atoms with Crippen molar-refractivity contribution in [3.63, 3.8) is 0 Å². The van der Waals surface area contributed by atoms with Gasteiger partial charge in [-0.25, -0.2) is 0 Å². The molecular weight excluding hydrogens is 374 g/mol. The molecule has 6 rings (SSSR count). The summed E-state index contributed by atoms with van der Waals surface area (Å²) in [7, 11) is 5.40. The summed E-state index contributed by atoms with van der Waals surface area (Å²) < 4.78 is 11.8. The lowest BCUT2D eigenvalue weighted by Crippen LogP contribution is -2.61. The van der Waals surface area contributed by atoms with E-state index in [0.717, 1.165) is 6.42 Å². The van der Waals surface area contributed by atoms with E-state index >= 15 is 0 Å². The van der Waals surface area contributed by atoms with Crippen LogP contribution in [0.5, 0.6) is 0 Å². The van der Waals surface area contributed by atoms with Crippen molar-refractivity contribution in [2.24, 2.45) is 11.8 Å². The second kappa shape index (κ2) is 7.07. The van der Waals surface area contributed by atoms with Crippen molar-refractivity contribution < 1.29 is 14.3 Å². The summed E-state index contributed by atoms with van der Waals surface area (Å²) in [6.07, 6.45) is 2.48. The maximum Gasteiger partial charge on any atom is 0.227 e. The van der Waals surface area contributed by atoms with Crippen LogP contribution in [-0.4, -0.2) is 50.8 Å². The number of hydrogen-bond donors (Lipinski definition) is 0. The first-order chi connectivity index (χ1) is 14.6. The van der Waals surface area contributed by atoms with Gasteiger partial charge in [0.05, 0.1) is 24.0 Å². The minimum absolute atomic E-state index is 0.131. The third kappa shape index (κ3) is 2.21. The van der Waals surface area contributed by atoms with Crippen LogP contribution >= 0.6 is 0 Å². The van der Waals surface area contributed by atoms with E-state index in [1.807, 2.05) is 18.0 Å². The molecule has 4 atom stereocenters. The number of rotatable bonds is 6. The highest BCUT2D eigenvalue weighted by Gasteiger charge is 2.69. The average Bonchev–Trinajstić information content (AvgIpc) is 3.03. The van der Waals surface area contributed by atoms with Crippen LogP contribution in [-0.2, 0) is 19.7 Å². The van der Waals surface area contributed by atoms with Crippen LogP contribution in [0, 0.1) is 11.8 Å². The van der Waals surface area contributed by atoms with Gasteiger partial charge in [-0.2, -0.15) is 0 Å². The fraction of sp³-hybridized carbons (Fsp3) is 0.423. The van der Waals surface area contributed by atoms with E-state index in [9.17, 15) is 4.79 Å². The fourth-order valence-corrected chi connectivity index (χ4v) is 6.86. The van der Waals surface area contributed by atoms with E-state index in [1.165, 1.54) is 22.3 Å². The SMILES string of the molecule is C=CC[C@@H]1C2C3c4ccccc4C(C(COC)OC)(c4ccccc43)C2C(=O)N1C. The first-order valence-corrected chi connectivity index (χ1v) is 10.7. The van der Waals surface area contributed by atoms with E-state index in [2.05, 4.69) is 55.1 Å². The summed E-state index contributed by atoms with van der Waals surface area (Å²) in [4.78, 5) is 15.8. The molecule has 156 valence electrons. The van der Waals surface area contributed by atoms with Crippen LogP contribution in [0.2, 0.25) is 0 Å². The molecular formula is C26H29NO3. The van der Waals surface area contributed by atoms with Gasteiger partial charge in [-0.1, -0.05) is 54.6 Å². The first-order valence-electron chi connectivity index (χ1n) is 10.7. The molecule has 4 aliphatic rings. The molecule has 2 aromatic carbocycles. The molecule has 1 aliphatic heterocycles. The van der Waals surface area contributed by atoms with Gasteiger partial charge in [0.2, 0.25) is 5.91 Å². The lowest BCUT2D eigenvalue weighted by Gasteiger charge is -2.58. The molecule has 30 heavy (non-hydrogen) atoms. The molecule has 0 radical (unpaired) electrons. The number of carbonyl (C=O) groups excluding carboxylic acids is 1. The molecule has 1 fully saturated rings. The Morgan fingerprint density at radius 2 is 1.70 bits per heavy atom. The van der Waals surface area contributed by atoms with Crippen molar-refractivity contribution in [1.82, 2.24) is 4.90 Å². The van der Waals surface area contributed by atoms with Gasteiger partial charge < -0.3 is 14.4 Å². The summed E-state index contributed by atoms with van der Waals surface area (Å²) in [5, 5.41) is 0. The third-order valence-electron chi connectivity index (χ3n) is 7.82. The predicted octanol–water partition coefficient (Wildman–Crippen LogP) is 3.74. The van der Waals surface area contributed by atoms with Gasteiger partial charge in [-0.15, -0.1) is 6.58 Å². The maximum atomic E-state index is 13.9. The molecule has 0 aromatic heterocycles. The van der Waals surface area contributed by atoms with Crippen LogP contribution in [0.3, 0.4) is 0 Å². The minimum Gasteiger partial charge on any atom is -0.382 e. The number of ether oxygens (including phenoxy) is 2. The van der Waals surface area contributed by atoms with Crippen LogP contribution in [0.15, 0.2) is 61.2 Å². The van der Waals surface area contributed by atoms with Crippen molar-refractivity contribution in [2.75, 3.05) is 27.9 Å². The molecule has 0 saturated carbocycles. The normalized spacial score (nSPS) is 31.8. The van der Waals surface area contributed by atoms with Gasteiger partial charge in [0, 0.05) is 39.1 Å². The highest BCUT2D eigenvalue weighted by molar-refractivity contribution is 5.88. The predicted molar refractivity (Wildman–Crippen MR) is 117 cm³/mol. The lowest BCUT2D eigenvalue weighted by molar-refractivity contribution is -0.136. The lowest BCUT2D eigenvalue weighted by atomic mass is 9.45. The maximum absolute atomic E-state index is 13.9. The Morgan fingerprint density at radius 1 is 1.10 bits per heavy atom. The Bertz CT molecular complexity index is 952. The molecule has 2 aromatic rings. The average molecular weight is 404 g/mol. The second-order valence-electron chi connectivity index (χ2n) is 8.80. The largest absolute Gasteiger partial charge is 0.382 e. The van der Waals surface area contributed by atoms with Gasteiger partial charge in [0.15, 0.2) is 0 Å². The van der Waals surface area contributed by atoms with E-state index < -0.39 is 5.41 Å². The van der Waals surface area contributed by atoms with Crippen molar-refractivity contribution >= 4 is 5.91 Å². The molecule has 3 unspecified atom stereocenters. The molecule has 1 saturated heterocycles. The number of amides is 1. The molecule has 0 spiro atoms. The zero-order valence-electron chi connectivity index (χ0n) is 17.9. The summed E-state index contributed by atoms with van der Waals surface area (Å²) in [6.45, 7) is 4.41. The van der Waals surface area contributed by atoms with Crippen molar-refractivity contribution in [3.05, 3.63) is 83.4 Å². The molecule has 1 amide bonds. The van der Waals surface area contributed by atoms with Gasteiger partial charge in [0.1, 0.15) is 0 Å². The fourth-order valence-electron chi connectivity index (χ4n) is 6.86. The second-order valence-corrected chi connectivity index (χ2v) is 8.80. The van der Waals surface area contributed by atoms with E-state index in [1.54, 1.807) is 14.2 Å². The molecule has 0 N–H and O–H groups in total. The van der Waals surface area contributed by atoms with Crippen molar-refractivity contribution in [3.8, 4) is 0 Å². The standard InChI is InChI=1S/C26H29NO3/c1-5-10-20-23-22-16-11-6-8-13-18(16)26(21(30-4)15-29-3,24(23)25(28)27(20)2)19-14-9-7-12-17(19)22/h5-9,11-14,20-24H,1,10,15H2,2-4H3/t20-,21?,22?,23?,24?,26?/m1/s1. The number of carbonyl (C=O) groups is 1. The van der Waals surface area contributed by atoms with Gasteiger partial charge in [-0.05, 0) is 28.7 Å². The molecule has 1 heterocycles. The number of hydrogen-bond acceptors (Lipinski definition) is 3. The van der Waals surface area contributed by atoms with Crippen molar-refractivity contribution in [2.45, 2.75) is 29.9 Å². The van der Waals surface area contributed by atoms with Crippen molar-refractivity contribution in [1.29, 1.82) is 0 Å². The Balaban J connectivity index is 1.89. The smallest absolute Gasteiger partial charge is 0.227 e. The quantitative estimate of drug-likeness (QED) is 0.690. The van der Waals surface area contributed by atoms with Crippen LogP contribution < -0.4 is 0 Å². The summed E-state index contributed by atoms with van der Waals surface area (Å²) in [5.74, 6) is 0.407. The Labute approximate surface area is 178 Å². The minimum atomic E-state index is -0.571. The summed E-state index contributed by atoms with van der Waals surface area (Å²) in [5.41, 5.74) is 4.53. The van der Waals surface area contributed by atoms with Gasteiger partial charge in [-0.3, -0.25) is 4.79 Å². The molecule has 2 bridgehead atoms. The van der Waals surface area contributed by atoms with Gasteiger partial charge in [0.25, 0.3) is 0 Å². The molecule has 4 nitrogen and oxygen atoms in total. The van der Waals surface area contributed by atoms with Crippen LogP contribution in [0.4, 0.5) is 0 Å². The Kier molecular flexibility index (Phi) is 4.60.